The van der Waals surface area contributed by atoms with E-state index in [0.29, 0.717) is 19.5 Å². The van der Waals surface area contributed by atoms with Crippen LogP contribution >= 0.6 is 0 Å². The molecule has 1 aliphatic heterocycles. The lowest BCUT2D eigenvalue weighted by Crippen LogP contribution is -2.32. The molecule has 1 heterocycles. The molecule has 0 saturated carbocycles. The average Bonchev–Trinajstić information content (AvgIpc) is 3.04. The van der Waals surface area contributed by atoms with Crippen LogP contribution in [0.2, 0.25) is 0 Å². The molecule has 0 radical (unpaired) electrons. The lowest BCUT2D eigenvalue weighted by molar-refractivity contribution is -0.125. The maximum atomic E-state index is 11.9. The lowest BCUT2D eigenvalue weighted by atomic mass is 10.1. The van der Waals surface area contributed by atoms with Crippen molar-refractivity contribution in [3.63, 3.8) is 0 Å². The summed E-state index contributed by atoms with van der Waals surface area (Å²) in [5, 5.41) is 2.82. The van der Waals surface area contributed by atoms with E-state index >= 15 is 0 Å². The first-order valence-electron chi connectivity index (χ1n) is 8.20. The SMILES string of the molecule is O=C[C@@H]1CCCN1CCC(=O)CCC(=O)NCc1ccccc1. The zero-order chi connectivity index (χ0) is 16.5. The second-order valence-corrected chi connectivity index (χ2v) is 5.93. The van der Waals surface area contributed by atoms with Crippen molar-refractivity contribution in [2.75, 3.05) is 13.1 Å². The van der Waals surface area contributed by atoms with E-state index in [4.69, 9.17) is 0 Å². The molecular formula is C18H24N2O3. The molecule has 1 fully saturated rings. The smallest absolute Gasteiger partial charge is 0.220 e. The summed E-state index contributed by atoms with van der Waals surface area (Å²) in [6.45, 7) is 1.99. The minimum absolute atomic E-state index is 0.0306. The van der Waals surface area contributed by atoms with E-state index in [0.717, 1.165) is 31.2 Å². The molecule has 5 nitrogen and oxygen atoms in total. The number of aldehydes is 1. The number of benzene rings is 1. The van der Waals surface area contributed by atoms with Crippen molar-refractivity contribution < 1.29 is 14.4 Å². The molecule has 1 saturated heterocycles. The monoisotopic (exact) mass is 316 g/mol. The van der Waals surface area contributed by atoms with Gasteiger partial charge in [0.15, 0.2) is 0 Å². The first-order chi connectivity index (χ1) is 11.2. The van der Waals surface area contributed by atoms with Gasteiger partial charge in [0.05, 0.1) is 6.04 Å². The molecule has 1 aromatic rings. The van der Waals surface area contributed by atoms with Gasteiger partial charge in [0, 0.05) is 32.4 Å². The van der Waals surface area contributed by atoms with Crippen molar-refractivity contribution in [3.8, 4) is 0 Å². The second kappa shape index (κ2) is 9.20. The van der Waals surface area contributed by atoms with Gasteiger partial charge in [-0.15, -0.1) is 0 Å². The van der Waals surface area contributed by atoms with Crippen molar-refractivity contribution in [1.29, 1.82) is 0 Å². The van der Waals surface area contributed by atoms with Crippen LogP contribution in [0.4, 0.5) is 0 Å². The fourth-order valence-corrected chi connectivity index (χ4v) is 2.81. The van der Waals surface area contributed by atoms with Crippen molar-refractivity contribution >= 4 is 18.0 Å². The van der Waals surface area contributed by atoms with E-state index in [-0.39, 0.29) is 30.6 Å². The average molecular weight is 316 g/mol. The lowest BCUT2D eigenvalue weighted by Gasteiger charge is -2.19. The van der Waals surface area contributed by atoms with Gasteiger partial charge in [0.1, 0.15) is 12.1 Å². The summed E-state index contributed by atoms with van der Waals surface area (Å²) >= 11 is 0. The number of carbonyl (C=O) groups is 3. The van der Waals surface area contributed by atoms with Gasteiger partial charge in [-0.3, -0.25) is 14.5 Å². The zero-order valence-electron chi connectivity index (χ0n) is 13.4. The summed E-state index contributed by atoms with van der Waals surface area (Å²) in [4.78, 5) is 36.6. The standard InChI is InChI=1S/C18H24N2O3/c21-14-16-7-4-11-20(16)12-10-17(22)8-9-18(23)19-13-15-5-2-1-3-6-15/h1-3,5-6,14,16H,4,7-13H2,(H,19,23)/t16-/m0/s1. The van der Waals surface area contributed by atoms with Crippen molar-refractivity contribution in [1.82, 2.24) is 10.2 Å². The highest BCUT2D eigenvalue weighted by Crippen LogP contribution is 2.15. The van der Waals surface area contributed by atoms with E-state index in [2.05, 4.69) is 10.2 Å². The number of Topliss-reactive ketones (excluding diaryl/α,β-unsaturated/α-hetero) is 1. The molecule has 0 aliphatic carbocycles. The minimum atomic E-state index is -0.103. The Morgan fingerprint density at radius 3 is 2.70 bits per heavy atom. The van der Waals surface area contributed by atoms with Crippen molar-refractivity contribution in [2.45, 2.75) is 44.7 Å². The zero-order valence-corrected chi connectivity index (χ0v) is 13.4. The largest absolute Gasteiger partial charge is 0.352 e. The molecule has 124 valence electrons. The molecule has 0 aromatic heterocycles. The number of amides is 1. The molecule has 1 aromatic carbocycles. The van der Waals surface area contributed by atoms with Crippen LogP contribution in [-0.4, -0.2) is 42.0 Å². The quantitative estimate of drug-likeness (QED) is 0.704. The number of likely N-dealkylation sites (tertiary alicyclic amines) is 1. The fourth-order valence-electron chi connectivity index (χ4n) is 2.81. The number of ketones is 1. The number of hydrogen-bond donors (Lipinski definition) is 1. The molecule has 1 atom stereocenters. The van der Waals surface area contributed by atoms with Gasteiger partial charge in [0.25, 0.3) is 0 Å². The van der Waals surface area contributed by atoms with Gasteiger partial charge >= 0.3 is 0 Å². The predicted molar refractivity (Wildman–Crippen MR) is 87.8 cm³/mol. The molecule has 1 amide bonds. The molecular weight excluding hydrogens is 292 g/mol. The highest BCUT2D eigenvalue weighted by molar-refractivity contribution is 5.85. The molecule has 5 heteroatoms. The molecule has 0 bridgehead atoms. The van der Waals surface area contributed by atoms with Gasteiger partial charge in [0.2, 0.25) is 5.91 Å². The molecule has 0 unspecified atom stereocenters. The number of nitrogens with zero attached hydrogens (tertiary/aromatic N) is 1. The summed E-state index contributed by atoms with van der Waals surface area (Å²) in [5.74, 6) is -0.0226. The third-order valence-corrected chi connectivity index (χ3v) is 4.21. The van der Waals surface area contributed by atoms with E-state index in [1.54, 1.807) is 0 Å². The molecule has 1 N–H and O–H groups in total. The topological polar surface area (TPSA) is 66.5 Å². The highest BCUT2D eigenvalue weighted by Gasteiger charge is 2.23. The third kappa shape index (κ3) is 5.94. The summed E-state index contributed by atoms with van der Waals surface area (Å²) in [6.07, 6.45) is 3.77. The molecule has 0 spiro atoms. The number of hydrogen-bond acceptors (Lipinski definition) is 4. The van der Waals surface area contributed by atoms with E-state index in [1.165, 1.54) is 0 Å². The van der Waals surface area contributed by atoms with Crippen LogP contribution in [0.15, 0.2) is 30.3 Å². The Kier molecular flexibility index (Phi) is 6.94. The maximum absolute atomic E-state index is 11.9. The van der Waals surface area contributed by atoms with Gasteiger partial charge in [-0.05, 0) is 24.9 Å². The van der Waals surface area contributed by atoms with E-state index < -0.39 is 0 Å². The van der Waals surface area contributed by atoms with Crippen LogP contribution < -0.4 is 5.32 Å². The van der Waals surface area contributed by atoms with Crippen LogP contribution in [0.5, 0.6) is 0 Å². The molecule has 23 heavy (non-hydrogen) atoms. The van der Waals surface area contributed by atoms with Crippen molar-refractivity contribution in [2.24, 2.45) is 0 Å². The first kappa shape index (κ1) is 17.3. The number of carbonyl (C=O) groups excluding carboxylic acids is 3. The van der Waals surface area contributed by atoms with Crippen LogP contribution in [-0.2, 0) is 20.9 Å². The molecule has 2 rings (SSSR count). The second-order valence-electron chi connectivity index (χ2n) is 5.93. The van der Waals surface area contributed by atoms with Crippen LogP contribution in [0.3, 0.4) is 0 Å². The van der Waals surface area contributed by atoms with E-state index in [9.17, 15) is 14.4 Å². The summed E-state index contributed by atoms with van der Waals surface area (Å²) in [6, 6.07) is 9.65. The Bertz CT molecular complexity index is 530. The maximum Gasteiger partial charge on any atom is 0.220 e. The first-order valence-corrected chi connectivity index (χ1v) is 8.20. The Morgan fingerprint density at radius 1 is 1.17 bits per heavy atom. The summed E-state index contributed by atoms with van der Waals surface area (Å²) < 4.78 is 0. The van der Waals surface area contributed by atoms with Crippen LogP contribution in [0.25, 0.3) is 0 Å². The van der Waals surface area contributed by atoms with E-state index in [1.807, 2.05) is 30.3 Å². The Morgan fingerprint density at radius 2 is 1.96 bits per heavy atom. The van der Waals surface area contributed by atoms with Gasteiger partial charge in [-0.2, -0.15) is 0 Å². The Labute approximate surface area is 137 Å². The van der Waals surface area contributed by atoms with Crippen LogP contribution in [0, 0.1) is 0 Å². The third-order valence-electron chi connectivity index (χ3n) is 4.21. The van der Waals surface area contributed by atoms with Crippen LogP contribution in [0.1, 0.15) is 37.7 Å². The molecule has 1 aliphatic rings. The number of nitrogens with one attached hydrogen (secondary N) is 1. The summed E-state index contributed by atoms with van der Waals surface area (Å²) in [5.41, 5.74) is 1.04. The Balaban J connectivity index is 1.60. The normalized spacial score (nSPS) is 17.8. The Hall–Kier alpha value is -2.01. The fraction of sp³-hybridized carbons (Fsp3) is 0.500. The highest BCUT2D eigenvalue weighted by atomic mass is 16.2. The predicted octanol–water partition coefficient (Wildman–Crippen LogP) is 1.71. The van der Waals surface area contributed by atoms with Gasteiger partial charge in [-0.1, -0.05) is 30.3 Å². The van der Waals surface area contributed by atoms with Crippen molar-refractivity contribution in [3.05, 3.63) is 35.9 Å². The minimum Gasteiger partial charge on any atom is -0.352 e. The van der Waals surface area contributed by atoms with Gasteiger partial charge in [-0.25, -0.2) is 0 Å². The number of rotatable bonds is 9. The van der Waals surface area contributed by atoms with Gasteiger partial charge < -0.3 is 10.1 Å². The summed E-state index contributed by atoms with van der Waals surface area (Å²) in [7, 11) is 0.